The molecule has 164 valence electrons. The zero-order chi connectivity index (χ0) is 21.8. The van der Waals surface area contributed by atoms with Crippen LogP contribution in [0.5, 0.6) is 0 Å². The van der Waals surface area contributed by atoms with Gasteiger partial charge in [-0.15, -0.1) is 0 Å². The van der Waals surface area contributed by atoms with Gasteiger partial charge in [0.15, 0.2) is 0 Å². The Morgan fingerprint density at radius 1 is 1.11 bits per heavy atom. The van der Waals surface area contributed by atoms with E-state index in [0.29, 0.717) is 5.41 Å². The van der Waals surface area contributed by atoms with Crippen molar-refractivity contribution in [2.45, 2.75) is 79.8 Å². The van der Waals surface area contributed by atoms with Gasteiger partial charge in [0.05, 0.1) is 0 Å². The van der Waals surface area contributed by atoms with Gasteiger partial charge in [0, 0.05) is 6.07 Å². The van der Waals surface area contributed by atoms with Crippen molar-refractivity contribution in [2.75, 3.05) is 13.1 Å². The average molecular weight is 405 g/mol. The fraction of sp³-hybridized carbons (Fsp3) is 0.773. The molecule has 2 N–H and O–H groups in total. The molecule has 1 aliphatic rings. The molecule has 1 aromatic heterocycles. The first-order chi connectivity index (χ1) is 12.9. The van der Waals surface area contributed by atoms with Crippen molar-refractivity contribution in [2.24, 2.45) is 17.3 Å². The van der Waals surface area contributed by atoms with Crippen LogP contribution in [0.3, 0.4) is 0 Å². The summed E-state index contributed by atoms with van der Waals surface area (Å²) in [5.74, 6) is 1.82. The first-order valence-corrected chi connectivity index (χ1v) is 10.4. The highest BCUT2D eigenvalue weighted by atomic mass is 19.4. The quantitative estimate of drug-likeness (QED) is 0.625. The molecule has 0 radical (unpaired) electrons. The van der Waals surface area contributed by atoms with E-state index < -0.39 is 17.4 Å². The lowest BCUT2D eigenvalue weighted by Crippen LogP contribution is -2.37. The zero-order valence-corrected chi connectivity index (χ0v) is 18.4. The number of hydrogen-bond acceptors (Lipinski definition) is 2. The van der Waals surface area contributed by atoms with Gasteiger partial charge in [-0.25, -0.2) is 0 Å². The monoisotopic (exact) mass is 404 g/mol. The Balaban J connectivity index is 0.000000424. The minimum Gasteiger partial charge on any atom is -0.318 e. The molecule has 0 aromatic carbocycles. The van der Waals surface area contributed by atoms with Crippen LogP contribution in [0, 0.1) is 17.3 Å². The molecule has 0 saturated carbocycles. The molecule has 0 amide bonds. The minimum atomic E-state index is -4.47. The Labute approximate surface area is 168 Å². The van der Waals surface area contributed by atoms with E-state index in [-0.39, 0.29) is 0 Å². The summed E-state index contributed by atoms with van der Waals surface area (Å²) in [4.78, 5) is 12.0. The fourth-order valence-electron chi connectivity index (χ4n) is 3.08. The van der Waals surface area contributed by atoms with E-state index in [4.69, 9.17) is 0 Å². The van der Waals surface area contributed by atoms with Crippen LogP contribution >= 0.6 is 0 Å². The van der Waals surface area contributed by atoms with Gasteiger partial charge in [-0.2, -0.15) is 13.2 Å². The van der Waals surface area contributed by atoms with E-state index in [1.165, 1.54) is 45.2 Å². The number of halogens is 3. The highest BCUT2D eigenvalue weighted by Gasteiger charge is 2.31. The van der Waals surface area contributed by atoms with Crippen LogP contribution in [0.4, 0.5) is 13.2 Å². The van der Waals surface area contributed by atoms with Crippen LogP contribution in [-0.2, 0) is 6.18 Å². The van der Waals surface area contributed by atoms with Crippen LogP contribution in [0.2, 0.25) is 0 Å². The van der Waals surface area contributed by atoms with Gasteiger partial charge >= 0.3 is 6.18 Å². The van der Waals surface area contributed by atoms with Crippen molar-refractivity contribution in [3.63, 3.8) is 0 Å². The van der Waals surface area contributed by atoms with Gasteiger partial charge in [-0.05, 0) is 49.2 Å². The summed E-state index contributed by atoms with van der Waals surface area (Å²) in [5, 5.41) is 3.49. The SMILES string of the molecule is CC1CCNCC1CC(C)(C)C.CCCCC.O=c1cccc(C(F)(F)F)[nH]1. The van der Waals surface area contributed by atoms with Crippen LogP contribution in [0.25, 0.3) is 0 Å². The predicted octanol–water partition coefficient (Wildman–Crippen LogP) is 6.26. The van der Waals surface area contributed by atoms with Crippen molar-refractivity contribution < 1.29 is 13.2 Å². The highest BCUT2D eigenvalue weighted by Crippen LogP contribution is 2.31. The number of aromatic amines is 1. The third-order valence-electron chi connectivity index (χ3n) is 4.64. The van der Waals surface area contributed by atoms with E-state index >= 15 is 0 Å². The second kappa shape index (κ2) is 13.0. The normalized spacial score (nSPS) is 19.8. The first-order valence-electron chi connectivity index (χ1n) is 10.4. The topological polar surface area (TPSA) is 44.9 Å². The van der Waals surface area contributed by atoms with Gasteiger partial charge in [0.1, 0.15) is 5.69 Å². The Hall–Kier alpha value is -1.30. The predicted molar refractivity (Wildman–Crippen MR) is 111 cm³/mol. The van der Waals surface area contributed by atoms with Gasteiger partial charge < -0.3 is 10.3 Å². The molecular weight excluding hydrogens is 365 g/mol. The molecule has 6 heteroatoms. The molecule has 1 aromatic rings. The number of aromatic nitrogens is 1. The van der Waals surface area contributed by atoms with Crippen LogP contribution in [0.15, 0.2) is 23.0 Å². The maximum absolute atomic E-state index is 11.8. The minimum absolute atomic E-state index is 0.498. The summed E-state index contributed by atoms with van der Waals surface area (Å²) in [5.41, 5.74) is -1.28. The number of rotatable bonds is 3. The Kier molecular flexibility index (Phi) is 12.4. The molecule has 3 nitrogen and oxygen atoms in total. The van der Waals surface area contributed by atoms with E-state index in [1.54, 1.807) is 4.98 Å². The largest absolute Gasteiger partial charge is 0.431 e. The number of piperidine rings is 1. The van der Waals surface area contributed by atoms with Crippen LogP contribution in [0.1, 0.15) is 79.3 Å². The molecule has 0 spiro atoms. The number of pyridine rings is 1. The van der Waals surface area contributed by atoms with E-state index in [9.17, 15) is 18.0 Å². The second-order valence-corrected chi connectivity index (χ2v) is 8.77. The average Bonchev–Trinajstić information content (AvgIpc) is 2.57. The van der Waals surface area contributed by atoms with E-state index in [2.05, 4.69) is 46.9 Å². The zero-order valence-electron chi connectivity index (χ0n) is 18.4. The Morgan fingerprint density at radius 3 is 2.07 bits per heavy atom. The number of hydrogen-bond donors (Lipinski definition) is 2. The molecule has 1 aliphatic heterocycles. The summed E-state index contributed by atoms with van der Waals surface area (Å²) < 4.78 is 35.4. The lowest BCUT2D eigenvalue weighted by Gasteiger charge is -2.34. The first kappa shape index (κ1) is 26.7. The molecular formula is C22H39F3N2O. The Bertz CT molecular complexity index is 574. The molecule has 28 heavy (non-hydrogen) atoms. The Morgan fingerprint density at radius 2 is 1.71 bits per heavy atom. The summed E-state index contributed by atoms with van der Waals surface area (Å²) in [6.07, 6.45) is 2.33. The molecule has 2 unspecified atom stereocenters. The summed E-state index contributed by atoms with van der Waals surface area (Å²) >= 11 is 0. The van der Waals surface area contributed by atoms with E-state index in [0.717, 1.165) is 30.0 Å². The van der Waals surface area contributed by atoms with Crippen molar-refractivity contribution in [1.29, 1.82) is 0 Å². The van der Waals surface area contributed by atoms with Crippen molar-refractivity contribution >= 4 is 0 Å². The molecule has 1 fully saturated rings. The number of unbranched alkanes of at least 4 members (excludes halogenated alkanes) is 2. The van der Waals surface area contributed by atoms with Gasteiger partial charge in [0.2, 0.25) is 5.56 Å². The second-order valence-electron chi connectivity index (χ2n) is 8.77. The van der Waals surface area contributed by atoms with Crippen LogP contribution < -0.4 is 10.9 Å². The lowest BCUT2D eigenvalue weighted by molar-refractivity contribution is -0.141. The lowest BCUT2D eigenvalue weighted by atomic mass is 9.77. The molecule has 0 aliphatic carbocycles. The highest BCUT2D eigenvalue weighted by molar-refractivity contribution is 5.06. The van der Waals surface area contributed by atoms with Crippen molar-refractivity contribution in [1.82, 2.24) is 10.3 Å². The maximum Gasteiger partial charge on any atom is 0.431 e. The fourth-order valence-corrected chi connectivity index (χ4v) is 3.08. The van der Waals surface area contributed by atoms with E-state index in [1.807, 2.05) is 0 Å². The molecule has 2 heterocycles. The smallest absolute Gasteiger partial charge is 0.318 e. The number of nitrogens with one attached hydrogen (secondary N) is 2. The standard InChI is InChI=1S/C11H23N.C6H4F3NO.C5H12/c1-9-5-6-12-8-10(9)7-11(2,3)4;7-6(8,9)4-2-1-3-5(11)10-4;1-3-5-4-2/h9-10,12H,5-8H2,1-4H3;1-3H,(H,10,11);3-5H2,1-2H3. The maximum atomic E-state index is 11.8. The van der Waals surface area contributed by atoms with Crippen molar-refractivity contribution in [3.05, 3.63) is 34.2 Å². The van der Waals surface area contributed by atoms with Gasteiger partial charge in [-0.1, -0.05) is 66.9 Å². The summed E-state index contributed by atoms with van der Waals surface area (Å²) in [6, 6.07) is 2.89. The third kappa shape index (κ3) is 13.0. The number of H-pyrrole nitrogens is 1. The van der Waals surface area contributed by atoms with Crippen LogP contribution in [-0.4, -0.2) is 18.1 Å². The summed E-state index contributed by atoms with van der Waals surface area (Å²) in [6.45, 7) is 16.3. The molecule has 2 rings (SSSR count). The molecule has 2 atom stereocenters. The van der Waals surface area contributed by atoms with Crippen molar-refractivity contribution in [3.8, 4) is 0 Å². The molecule has 0 bridgehead atoms. The third-order valence-corrected chi connectivity index (χ3v) is 4.64. The summed E-state index contributed by atoms with van der Waals surface area (Å²) in [7, 11) is 0. The molecule has 1 saturated heterocycles. The number of alkyl halides is 3. The van der Waals surface area contributed by atoms with Gasteiger partial charge in [-0.3, -0.25) is 4.79 Å². The van der Waals surface area contributed by atoms with Gasteiger partial charge in [0.25, 0.3) is 0 Å².